The zero-order valence-corrected chi connectivity index (χ0v) is 16.6. The number of ether oxygens (including phenoxy) is 1. The average molecular weight is 401 g/mol. The molecule has 1 heterocycles. The Kier molecular flexibility index (Phi) is 5.81. The van der Waals surface area contributed by atoms with Crippen LogP contribution in [0.2, 0.25) is 0 Å². The zero-order chi connectivity index (χ0) is 21.3. The summed E-state index contributed by atoms with van der Waals surface area (Å²) < 4.78 is 10.6. The van der Waals surface area contributed by atoms with E-state index in [4.69, 9.17) is 9.15 Å². The third kappa shape index (κ3) is 4.36. The van der Waals surface area contributed by atoms with E-state index in [-0.39, 0.29) is 37.7 Å². The summed E-state index contributed by atoms with van der Waals surface area (Å²) in [6.45, 7) is 5.06. The molecule has 0 aliphatic heterocycles. The number of ketones is 1. The number of benzene rings is 1. The van der Waals surface area contributed by atoms with Gasteiger partial charge in [0.05, 0.1) is 6.42 Å². The van der Waals surface area contributed by atoms with E-state index >= 15 is 0 Å². The van der Waals surface area contributed by atoms with Crippen molar-refractivity contribution >= 4 is 22.7 Å². The predicted octanol–water partition coefficient (Wildman–Crippen LogP) is 2.96. The van der Waals surface area contributed by atoms with E-state index in [0.29, 0.717) is 16.5 Å². The predicted molar refractivity (Wildman–Crippen MR) is 104 cm³/mol. The molecule has 154 valence electrons. The molecule has 0 bridgehead atoms. The van der Waals surface area contributed by atoms with Gasteiger partial charge >= 0.3 is 11.6 Å². The highest BCUT2D eigenvalue weighted by atomic mass is 16.6. The van der Waals surface area contributed by atoms with E-state index in [2.05, 4.69) is 0 Å². The van der Waals surface area contributed by atoms with Crippen molar-refractivity contribution in [2.45, 2.75) is 40.2 Å². The normalized spacial score (nSPS) is 21.5. The summed E-state index contributed by atoms with van der Waals surface area (Å²) in [4.78, 5) is 46.9. The molecule has 8 nitrogen and oxygen atoms in total. The van der Waals surface area contributed by atoms with E-state index < -0.39 is 28.4 Å². The Morgan fingerprint density at radius 3 is 2.72 bits per heavy atom. The molecule has 0 saturated heterocycles. The van der Waals surface area contributed by atoms with Crippen molar-refractivity contribution in [3.8, 4) is 0 Å². The highest BCUT2D eigenvalue weighted by molar-refractivity contribution is 5.88. The number of carbonyl (C=O) groups is 2. The van der Waals surface area contributed by atoms with Crippen LogP contribution >= 0.6 is 0 Å². The molecule has 1 aromatic carbocycles. The number of rotatable bonds is 6. The van der Waals surface area contributed by atoms with Gasteiger partial charge in [-0.2, -0.15) is 0 Å². The van der Waals surface area contributed by atoms with E-state index in [9.17, 15) is 24.5 Å². The second-order valence-electron chi connectivity index (χ2n) is 7.77. The maximum Gasteiger partial charge on any atom is 0.336 e. The summed E-state index contributed by atoms with van der Waals surface area (Å²) in [6, 6.07) is 4.98. The van der Waals surface area contributed by atoms with Crippen LogP contribution < -0.4 is 5.63 Å². The van der Waals surface area contributed by atoms with Gasteiger partial charge in [0.15, 0.2) is 0 Å². The Morgan fingerprint density at radius 1 is 1.31 bits per heavy atom. The van der Waals surface area contributed by atoms with Crippen LogP contribution in [0.3, 0.4) is 0 Å². The van der Waals surface area contributed by atoms with Gasteiger partial charge in [-0.1, -0.05) is 19.1 Å². The first-order chi connectivity index (χ1) is 13.7. The Hall–Kier alpha value is -3.03. The van der Waals surface area contributed by atoms with Crippen molar-refractivity contribution in [1.82, 2.24) is 0 Å². The second kappa shape index (κ2) is 8.14. The van der Waals surface area contributed by atoms with Crippen molar-refractivity contribution in [1.29, 1.82) is 0 Å². The first-order valence-corrected chi connectivity index (χ1v) is 9.50. The molecule has 0 N–H and O–H groups in total. The minimum absolute atomic E-state index is 0.139. The topological polar surface area (TPSA) is 117 Å². The maximum absolute atomic E-state index is 12.4. The standard InChI is InChI=1S/C21H23NO7/c1-11-4-5-15-14(7-20(25)29-21(15)13(11)3)10-28-19(24)8-16-17(9-22(26)27)12(2)6-18(16)23/h4-5,7,12,16-17H,6,8-10H2,1-3H3/t12-,16+,17+/m1/s1. The molecule has 3 rings (SSSR count). The quantitative estimate of drug-likeness (QED) is 0.316. The van der Waals surface area contributed by atoms with Gasteiger partial charge < -0.3 is 9.15 Å². The Balaban J connectivity index is 1.74. The van der Waals surface area contributed by atoms with Gasteiger partial charge in [0.2, 0.25) is 6.54 Å². The van der Waals surface area contributed by atoms with Crippen LogP contribution in [0.25, 0.3) is 11.0 Å². The molecular formula is C21H23NO7. The van der Waals surface area contributed by atoms with Gasteiger partial charge in [-0.25, -0.2) is 4.79 Å². The van der Waals surface area contributed by atoms with Crippen molar-refractivity contribution in [3.63, 3.8) is 0 Å². The van der Waals surface area contributed by atoms with Crippen molar-refractivity contribution in [2.75, 3.05) is 6.54 Å². The second-order valence-corrected chi connectivity index (χ2v) is 7.77. The number of hydrogen-bond acceptors (Lipinski definition) is 7. The monoisotopic (exact) mass is 401 g/mol. The molecule has 8 heteroatoms. The summed E-state index contributed by atoms with van der Waals surface area (Å²) in [6.07, 6.45) is 0.0403. The lowest BCUT2D eigenvalue weighted by atomic mass is 9.88. The van der Waals surface area contributed by atoms with E-state index in [1.54, 1.807) is 13.0 Å². The fraction of sp³-hybridized carbons (Fsp3) is 0.476. The summed E-state index contributed by atoms with van der Waals surface area (Å²) in [5.41, 5.74) is 2.24. The number of carbonyl (C=O) groups excluding carboxylic acids is 2. The van der Waals surface area contributed by atoms with Crippen LogP contribution in [0.4, 0.5) is 0 Å². The smallest absolute Gasteiger partial charge is 0.336 e. The number of esters is 1. The molecule has 2 aromatic rings. The van der Waals surface area contributed by atoms with Crippen LogP contribution in [0.5, 0.6) is 0 Å². The lowest BCUT2D eigenvalue weighted by molar-refractivity contribution is -0.490. The van der Waals surface area contributed by atoms with Gasteiger partial charge in [-0.15, -0.1) is 0 Å². The van der Waals surface area contributed by atoms with Crippen LogP contribution in [-0.2, 0) is 20.9 Å². The van der Waals surface area contributed by atoms with Gasteiger partial charge in [0.1, 0.15) is 18.0 Å². The molecule has 1 aliphatic rings. The first-order valence-electron chi connectivity index (χ1n) is 9.50. The number of nitro groups is 1. The summed E-state index contributed by atoms with van der Waals surface area (Å²) >= 11 is 0. The van der Waals surface area contributed by atoms with Crippen LogP contribution in [0.1, 0.15) is 36.5 Å². The van der Waals surface area contributed by atoms with Gasteiger partial charge in [-0.3, -0.25) is 19.7 Å². The van der Waals surface area contributed by atoms with E-state index in [1.807, 2.05) is 19.9 Å². The largest absolute Gasteiger partial charge is 0.461 e. The molecule has 29 heavy (non-hydrogen) atoms. The maximum atomic E-state index is 12.4. The fourth-order valence-corrected chi connectivity index (χ4v) is 4.04. The molecular weight excluding hydrogens is 378 g/mol. The Bertz CT molecular complexity index is 1040. The molecule has 1 saturated carbocycles. The molecule has 1 aliphatic carbocycles. The highest BCUT2D eigenvalue weighted by Crippen LogP contribution is 2.36. The molecule has 0 amide bonds. The minimum Gasteiger partial charge on any atom is -0.461 e. The van der Waals surface area contributed by atoms with Crippen molar-refractivity contribution in [2.24, 2.45) is 17.8 Å². The molecule has 1 fully saturated rings. The average Bonchev–Trinajstić information content (AvgIpc) is 2.89. The summed E-state index contributed by atoms with van der Waals surface area (Å²) in [7, 11) is 0. The van der Waals surface area contributed by atoms with Crippen LogP contribution in [0.15, 0.2) is 27.4 Å². The third-order valence-electron chi connectivity index (χ3n) is 5.84. The fourth-order valence-electron chi connectivity index (χ4n) is 4.04. The highest BCUT2D eigenvalue weighted by Gasteiger charge is 2.44. The van der Waals surface area contributed by atoms with Gasteiger partial charge in [0, 0.05) is 40.2 Å². The van der Waals surface area contributed by atoms with Crippen molar-refractivity contribution < 1.29 is 23.7 Å². The minimum atomic E-state index is -0.703. The van der Waals surface area contributed by atoms with E-state index in [1.165, 1.54) is 6.07 Å². The Morgan fingerprint density at radius 2 is 2.03 bits per heavy atom. The number of nitrogens with zero attached hydrogens (tertiary/aromatic N) is 1. The first kappa shape index (κ1) is 20.7. The summed E-state index contributed by atoms with van der Waals surface area (Å²) in [5, 5.41) is 11.6. The van der Waals surface area contributed by atoms with Crippen LogP contribution in [-0.4, -0.2) is 23.2 Å². The Labute approximate surface area is 167 Å². The third-order valence-corrected chi connectivity index (χ3v) is 5.84. The SMILES string of the molecule is Cc1ccc2c(COC(=O)C[C@@H]3C(=O)C[C@@H](C)[C@@H]3C[N+](=O)[O-])cc(=O)oc2c1C. The molecule has 1 aromatic heterocycles. The number of aryl methyl sites for hydroxylation is 2. The molecule has 0 spiro atoms. The molecule has 3 atom stereocenters. The number of fused-ring (bicyclic) bond motifs is 1. The zero-order valence-electron chi connectivity index (χ0n) is 16.6. The summed E-state index contributed by atoms with van der Waals surface area (Å²) in [5.74, 6) is -2.07. The number of Topliss-reactive ketones (excluding diaryl/α,β-unsaturated/α-hetero) is 1. The molecule has 0 radical (unpaired) electrons. The molecule has 0 unspecified atom stereocenters. The van der Waals surface area contributed by atoms with Crippen molar-refractivity contribution in [3.05, 3.63) is 55.4 Å². The lowest BCUT2D eigenvalue weighted by Gasteiger charge is -2.17. The lowest BCUT2D eigenvalue weighted by Crippen LogP contribution is -2.27. The van der Waals surface area contributed by atoms with E-state index in [0.717, 1.165) is 11.1 Å². The van der Waals surface area contributed by atoms with Gasteiger partial charge in [-0.05, 0) is 30.9 Å². The van der Waals surface area contributed by atoms with Crippen LogP contribution in [0, 0.1) is 41.7 Å². The van der Waals surface area contributed by atoms with Gasteiger partial charge in [0.25, 0.3) is 0 Å². The number of hydrogen-bond donors (Lipinski definition) is 0.